The second kappa shape index (κ2) is 7.35. The molecule has 0 heterocycles. The van der Waals surface area contributed by atoms with E-state index in [1.54, 1.807) is 30.3 Å². The number of rotatable bonds is 6. The third-order valence-electron chi connectivity index (χ3n) is 3.49. The first-order valence-electron chi connectivity index (χ1n) is 7.26. The van der Waals surface area contributed by atoms with E-state index in [4.69, 9.17) is 5.73 Å². The van der Waals surface area contributed by atoms with Gasteiger partial charge in [-0.3, -0.25) is 14.4 Å². The second-order valence-corrected chi connectivity index (χ2v) is 5.20. The number of aryl methyl sites for hydroxylation is 1. The Balaban J connectivity index is 1.97. The fourth-order valence-electron chi connectivity index (χ4n) is 2.27. The zero-order valence-corrected chi connectivity index (χ0v) is 12.8. The minimum absolute atomic E-state index is 0.0419. The van der Waals surface area contributed by atoms with Crippen LogP contribution in [0.25, 0.3) is 0 Å². The molecule has 0 radical (unpaired) electrons. The number of carbonyl (C=O) groups is 3. The van der Waals surface area contributed by atoms with Gasteiger partial charge in [0.25, 0.3) is 5.91 Å². The van der Waals surface area contributed by atoms with Crippen LogP contribution in [0.4, 0.5) is 5.69 Å². The van der Waals surface area contributed by atoms with Crippen LogP contribution < -0.4 is 11.1 Å². The van der Waals surface area contributed by atoms with Crippen LogP contribution in [0.3, 0.4) is 0 Å². The van der Waals surface area contributed by atoms with Gasteiger partial charge in [-0.15, -0.1) is 0 Å². The van der Waals surface area contributed by atoms with E-state index in [0.717, 1.165) is 5.56 Å². The van der Waals surface area contributed by atoms with Crippen molar-refractivity contribution in [2.45, 2.75) is 19.8 Å². The molecule has 0 bridgehead atoms. The zero-order chi connectivity index (χ0) is 16.8. The molecule has 0 atom stereocenters. The van der Waals surface area contributed by atoms with Crippen LogP contribution in [0, 0.1) is 6.92 Å². The molecule has 0 aliphatic carbocycles. The summed E-state index contributed by atoms with van der Waals surface area (Å²) in [6.07, 6.45) is 0.149. The topological polar surface area (TPSA) is 89.3 Å². The van der Waals surface area contributed by atoms with Gasteiger partial charge in [-0.2, -0.15) is 0 Å². The largest absolute Gasteiger partial charge is 0.366 e. The number of nitrogens with one attached hydrogen (secondary N) is 1. The maximum Gasteiger partial charge on any atom is 0.250 e. The molecule has 2 rings (SSSR count). The molecule has 0 fully saturated rings. The number of primary amides is 1. The van der Waals surface area contributed by atoms with Gasteiger partial charge in [0.05, 0.1) is 11.3 Å². The lowest BCUT2D eigenvalue weighted by Crippen LogP contribution is -2.18. The molecule has 2 aromatic carbocycles. The number of para-hydroxylation sites is 1. The summed E-state index contributed by atoms with van der Waals surface area (Å²) < 4.78 is 0. The number of hydrogen-bond acceptors (Lipinski definition) is 3. The molecule has 5 heteroatoms. The Kier molecular flexibility index (Phi) is 5.25. The summed E-state index contributed by atoms with van der Waals surface area (Å²) in [5, 5.41) is 2.62. The molecule has 3 N–H and O–H groups in total. The number of Topliss-reactive ketones (excluding diaryl/α,β-unsaturated/α-hetero) is 1. The van der Waals surface area contributed by atoms with Gasteiger partial charge in [0.2, 0.25) is 5.91 Å². The Morgan fingerprint density at radius 2 is 1.52 bits per heavy atom. The second-order valence-electron chi connectivity index (χ2n) is 5.20. The summed E-state index contributed by atoms with van der Waals surface area (Å²) in [6.45, 7) is 1.86. The fraction of sp³-hybridized carbons (Fsp3) is 0.167. The Labute approximate surface area is 134 Å². The molecule has 2 aromatic rings. The van der Waals surface area contributed by atoms with E-state index in [2.05, 4.69) is 5.32 Å². The molecule has 118 valence electrons. The van der Waals surface area contributed by atoms with Crippen LogP contribution in [-0.4, -0.2) is 17.6 Å². The van der Waals surface area contributed by atoms with Crippen molar-refractivity contribution in [2.24, 2.45) is 5.73 Å². The summed E-state index contributed by atoms with van der Waals surface area (Å²) in [4.78, 5) is 35.4. The number of anilines is 1. The molecule has 0 unspecified atom stereocenters. The van der Waals surface area contributed by atoms with Crippen LogP contribution in [0.15, 0.2) is 48.5 Å². The highest BCUT2D eigenvalue weighted by Crippen LogP contribution is 2.16. The van der Waals surface area contributed by atoms with Gasteiger partial charge >= 0.3 is 0 Å². The number of benzene rings is 2. The predicted molar refractivity (Wildman–Crippen MR) is 88.3 cm³/mol. The van der Waals surface area contributed by atoms with Crippen LogP contribution in [0.2, 0.25) is 0 Å². The Bertz CT molecular complexity index is 753. The average Bonchev–Trinajstić information content (AvgIpc) is 2.53. The first-order chi connectivity index (χ1) is 11.0. The molecule has 0 spiro atoms. The van der Waals surface area contributed by atoms with Gasteiger partial charge in [0, 0.05) is 18.4 Å². The molecule has 0 aliphatic rings. The van der Waals surface area contributed by atoms with E-state index in [9.17, 15) is 14.4 Å². The van der Waals surface area contributed by atoms with E-state index >= 15 is 0 Å². The third kappa shape index (κ3) is 4.26. The van der Waals surface area contributed by atoms with Crippen molar-refractivity contribution in [1.82, 2.24) is 0 Å². The lowest BCUT2D eigenvalue weighted by Gasteiger charge is -2.09. The van der Waals surface area contributed by atoms with Crippen LogP contribution in [0.5, 0.6) is 0 Å². The third-order valence-corrected chi connectivity index (χ3v) is 3.49. The van der Waals surface area contributed by atoms with Gasteiger partial charge in [-0.05, 0) is 24.6 Å². The maximum atomic E-state index is 12.1. The average molecular weight is 310 g/mol. The van der Waals surface area contributed by atoms with E-state index in [0.29, 0.717) is 11.3 Å². The molecule has 23 heavy (non-hydrogen) atoms. The van der Waals surface area contributed by atoms with Gasteiger partial charge < -0.3 is 11.1 Å². The molecule has 0 aromatic heterocycles. The van der Waals surface area contributed by atoms with Gasteiger partial charge in [-0.1, -0.05) is 36.4 Å². The van der Waals surface area contributed by atoms with Crippen LogP contribution in [-0.2, 0) is 4.79 Å². The minimum Gasteiger partial charge on any atom is -0.366 e. The number of amides is 2. The van der Waals surface area contributed by atoms with Crippen molar-refractivity contribution in [3.63, 3.8) is 0 Å². The lowest BCUT2D eigenvalue weighted by atomic mass is 10.0. The smallest absolute Gasteiger partial charge is 0.250 e. The Morgan fingerprint density at radius 3 is 2.17 bits per heavy atom. The van der Waals surface area contributed by atoms with Gasteiger partial charge in [-0.25, -0.2) is 0 Å². The summed E-state index contributed by atoms with van der Waals surface area (Å²) in [5.74, 6) is -1.03. The SMILES string of the molecule is Cc1ccccc1C(=O)CCC(=O)Nc1ccccc1C(N)=O. The molecule has 0 saturated carbocycles. The highest BCUT2D eigenvalue weighted by Gasteiger charge is 2.13. The zero-order valence-electron chi connectivity index (χ0n) is 12.8. The van der Waals surface area contributed by atoms with Crippen molar-refractivity contribution in [1.29, 1.82) is 0 Å². The molecule has 5 nitrogen and oxygen atoms in total. The summed E-state index contributed by atoms with van der Waals surface area (Å²) in [7, 11) is 0. The van der Waals surface area contributed by atoms with Crippen molar-refractivity contribution in [3.8, 4) is 0 Å². The van der Waals surface area contributed by atoms with Crippen LogP contribution in [0.1, 0.15) is 39.1 Å². The molecule has 0 aliphatic heterocycles. The first-order valence-corrected chi connectivity index (χ1v) is 7.26. The van der Waals surface area contributed by atoms with Crippen molar-refractivity contribution < 1.29 is 14.4 Å². The van der Waals surface area contributed by atoms with Crippen molar-refractivity contribution in [3.05, 3.63) is 65.2 Å². The quantitative estimate of drug-likeness (QED) is 0.804. The van der Waals surface area contributed by atoms with Crippen molar-refractivity contribution >= 4 is 23.3 Å². The molecule has 2 amide bonds. The predicted octanol–water partition coefficient (Wildman–Crippen LogP) is 2.70. The first kappa shape index (κ1) is 16.4. The minimum atomic E-state index is -0.614. The highest BCUT2D eigenvalue weighted by molar-refractivity contribution is 6.04. The number of ketones is 1. The molecular weight excluding hydrogens is 292 g/mol. The van der Waals surface area contributed by atoms with Crippen LogP contribution >= 0.6 is 0 Å². The van der Waals surface area contributed by atoms with E-state index in [-0.39, 0.29) is 30.1 Å². The van der Waals surface area contributed by atoms with Gasteiger partial charge in [0.15, 0.2) is 5.78 Å². The van der Waals surface area contributed by atoms with Crippen molar-refractivity contribution in [2.75, 3.05) is 5.32 Å². The highest BCUT2D eigenvalue weighted by atomic mass is 16.2. The monoisotopic (exact) mass is 310 g/mol. The molecule has 0 saturated heterocycles. The van der Waals surface area contributed by atoms with E-state index in [1.165, 1.54) is 6.07 Å². The normalized spacial score (nSPS) is 10.1. The van der Waals surface area contributed by atoms with Gasteiger partial charge in [0.1, 0.15) is 0 Å². The Morgan fingerprint density at radius 1 is 0.913 bits per heavy atom. The molecular formula is C18H18N2O3. The standard InChI is InChI=1S/C18H18N2O3/c1-12-6-2-3-7-13(12)16(21)10-11-17(22)20-15-9-5-4-8-14(15)18(19)23/h2-9H,10-11H2,1H3,(H2,19,23)(H,20,22). The summed E-state index contributed by atoms with van der Waals surface area (Å²) >= 11 is 0. The Hall–Kier alpha value is -2.95. The van der Waals surface area contributed by atoms with E-state index < -0.39 is 5.91 Å². The van der Waals surface area contributed by atoms with E-state index in [1.807, 2.05) is 19.1 Å². The summed E-state index contributed by atoms with van der Waals surface area (Å²) in [6, 6.07) is 13.8. The lowest BCUT2D eigenvalue weighted by molar-refractivity contribution is -0.116. The summed E-state index contributed by atoms with van der Waals surface area (Å²) in [5.41, 5.74) is 7.37. The number of hydrogen-bond donors (Lipinski definition) is 2. The maximum absolute atomic E-state index is 12.1. The fourth-order valence-corrected chi connectivity index (χ4v) is 2.27. The number of carbonyl (C=O) groups excluding carboxylic acids is 3. The number of nitrogens with two attached hydrogens (primary N) is 1.